The fourth-order valence-corrected chi connectivity index (χ4v) is 3.62. The van der Waals surface area contributed by atoms with Crippen LogP contribution in [0.2, 0.25) is 0 Å². The summed E-state index contributed by atoms with van der Waals surface area (Å²) in [7, 11) is 0. The third kappa shape index (κ3) is 4.92. The van der Waals surface area contributed by atoms with E-state index in [4.69, 9.17) is 4.74 Å². The molecule has 1 amide bonds. The van der Waals surface area contributed by atoms with E-state index < -0.39 is 6.04 Å². The molecule has 8 nitrogen and oxygen atoms in total. The lowest BCUT2D eigenvalue weighted by Gasteiger charge is -2.17. The van der Waals surface area contributed by atoms with Gasteiger partial charge in [-0.1, -0.05) is 29.8 Å². The van der Waals surface area contributed by atoms with Crippen LogP contribution in [-0.2, 0) is 4.74 Å². The fourth-order valence-electron chi connectivity index (χ4n) is 3.62. The summed E-state index contributed by atoms with van der Waals surface area (Å²) in [5, 5.41) is 16.0. The summed E-state index contributed by atoms with van der Waals surface area (Å²) in [5.74, 6) is 0.982. The third-order valence-corrected chi connectivity index (χ3v) is 5.34. The van der Waals surface area contributed by atoms with Gasteiger partial charge in [0.15, 0.2) is 0 Å². The number of carbonyl (C=O) groups excluding carboxylic acids is 1. The van der Waals surface area contributed by atoms with Crippen LogP contribution >= 0.6 is 0 Å². The number of benzene rings is 1. The van der Waals surface area contributed by atoms with Gasteiger partial charge in [-0.25, -0.2) is 4.98 Å². The van der Waals surface area contributed by atoms with Crippen LogP contribution in [0.3, 0.4) is 0 Å². The summed E-state index contributed by atoms with van der Waals surface area (Å²) >= 11 is 0. The van der Waals surface area contributed by atoms with Gasteiger partial charge in [-0.05, 0) is 31.9 Å². The van der Waals surface area contributed by atoms with Gasteiger partial charge in [0.1, 0.15) is 5.82 Å². The van der Waals surface area contributed by atoms with Crippen molar-refractivity contribution in [2.24, 2.45) is 0 Å². The molecule has 3 heterocycles. The number of hydrogen-bond acceptors (Lipinski definition) is 6. The Kier molecular flexibility index (Phi) is 6.29. The number of hydrogen-bond donors (Lipinski definition) is 3. The smallest absolute Gasteiger partial charge is 0.253 e. The molecule has 0 saturated carbocycles. The van der Waals surface area contributed by atoms with E-state index in [0.717, 1.165) is 29.7 Å². The van der Waals surface area contributed by atoms with Crippen LogP contribution in [0.5, 0.6) is 0 Å². The van der Waals surface area contributed by atoms with Crippen molar-refractivity contribution in [3.63, 3.8) is 0 Å². The topological polar surface area (TPSA) is 101 Å². The van der Waals surface area contributed by atoms with Gasteiger partial charge in [0, 0.05) is 30.8 Å². The second-order valence-corrected chi connectivity index (χ2v) is 7.84. The van der Waals surface area contributed by atoms with Crippen molar-refractivity contribution in [3.8, 4) is 5.82 Å². The van der Waals surface area contributed by atoms with Crippen LogP contribution < -0.4 is 10.6 Å². The molecule has 4 rings (SSSR count). The number of ether oxygens (including phenoxy) is 1. The number of aromatic nitrogens is 3. The van der Waals surface area contributed by atoms with E-state index >= 15 is 0 Å². The molecule has 8 heteroatoms. The molecular weight excluding hydrogens is 394 g/mol. The molecule has 2 aromatic heterocycles. The van der Waals surface area contributed by atoms with Gasteiger partial charge in [-0.2, -0.15) is 4.98 Å². The molecule has 31 heavy (non-hydrogen) atoms. The number of amides is 1. The SMILES string of the molecule is Cc1cccc(C(CO)NC(=O)c2ccn(-c3nc(N[C@H]4CCOC4)ncc3C)c2)c1. The molecule has 3 N–H and O–H groups in total. The van der Waals surface area contributed by atoms with E-state index in [9.17, 15) is 9.90 Å². The third-order valence-electron chi connectivity index (χ3n) is 5.34. The molecule has 1 aliphatic heterocycles. The van der Waals surface area contributed by atoms with E-state index in [2.05, 4.69) is 20.6 Å². The molecule has 1 unspecified atom stereocenters. The summed E-state index contributed by atoms with van der Waals surface area (Å²) < 4.78 is 7.20. The minimum absolute atomic E-state index is 0.180. The first kappa shape index (κ1) is 21.0. The Bertz CT molecular complexity index is 1060. The summed E-state index contributed by atoms with van der Waals surface area (Å²) in [6.45, 7) is 5.11. The highest BCUT2D eigenvalue weighted by Crippen LogP contribution is 2.18. The zero-order valence-corrected chi connectivity index (χ0v) is 17.7. The van der Waals surface area contributed by atoms with Crippen molar-refractivity contribution in [1.82, 2.24) is 19.9 Å². The first-order valence-corrected chi connectivity index (χ1v) is 10.4. The van der Waals surface area contributed by atoms with E-state index in [-0.39, 0.29) is 18.6 Å². The van der Waals surface area contributed by atoms with Gasteiger partial charge in [0.25, 0.3) is 5.91 Å². The second-order valence-electron chi connectivity index (χ2n) is 7.84. The Morgan fingerprint density at radius 3 is 2.97 bits per heavy atom. The number of carbonyl (C=O) groups is 1. The van der Waals surface area contributed by atoms with Crippen molar-refractivity contribution in [1.29, 1.82) is 0 Å². The second kappa shape index (κ2) is 9.28. The molecule has 0 radical (unpaired) electrons. The minimum atomic E-state index is -0.471. The lowest BCUT2D eigenvalue weighted by molar-refractivity contribution is 0.0916. The van der Waals surface area contributed by atoms with E-state index in [0.29, 0.717) is 23.9 Å². The highest BCUT2D eigenvalue weighted by Gasteiger charge is 2.19. The summed E-state index contributed by atoms with van der Waals surface area (Å²) in [6.07, 6.45) is 6.22. The molecule has 1 aliphatic rings. The van der Waals surface area contributed by atoms with Crippen molar-refractivity contribution in [3.05, 3.63) is 71.2 Å². The van der Waals surface area contributed by atoms with Gasteiger partial charge < -0.3 is 25.0 Å². The maximum absolute atomic E-state index is 12.8. The van der Waals surface area contributed by atoms with Crippen LogP contribution in [0.4, 0.5) is 5.95 Å². The summed E-state index contributed by atoms with van der Waals surface area (Å²) in [6, 6.07) is 9.22. The highest BCUT2D eigenvalue weighted by molar-refractivity contribution is 5.94. The van der Waals surface area contributed by atoms with Gasteiger partial charge in [-0.3, -0.25) is 4.79 Å². The predicted molar refractivity (Wildman–Crippen MR) is 117 cm³/mol. The van der Waals surface area contributed by atoms with Crippen LogP contribution in [0.1, 0.15) is 39.5 Å². The number of aliphatic hydroxyl groups excluding tert-OH is 1. The molecule has 2 atom stereocenters. The molecular formula is C23H27N5O3. The zero-order valence-electron chi connectivity index (χ0n) is 17.7. The standard InChI is InChI=1S/C23H27N5O3/c1-15-4-3-5-17(10-15)20(13-29)26-22(30)18-6-8-28(12-18)21-16(2)11-24-23(27-21)25-19-7-9-31-14-19/h3-6,8,10-12,19-20,29H,7,9,13-14H2,1-2H3,(H,26,30)(H,24,25,27)/t19-,20?/m0/s1. The highest BCUT2D eigenvalue weighted by atomic mass is 16.5. The lowest BCUT2D eigenvalue weighted by atomic mass is 10.0. The molecule has 0 bridgehead atoms. The number of nitrogens with zero attached hydrogens (tertiary/aromatic N) is 3. The van der Waals surface area contributed by atoms with Crippen molar-refractivity contribution in [2.45, 2.75) is 32.4 Å². The fraction of sp³-hybridized carbons (Fsp3) is 0.348. The Labute approximate surface area is 181 Å². The van der Waals surface area contributed by atoms with Crippen molar-refractivity contribution in [2.75, 3.05) is 25.1 Å². The molecule has 1 fully saturated rings. The van der Waals surface area contributed by atoms with E-state index in [1.807, 2.05) is 42.7 Å². The normalized spacial score (nSPS) is 16.8. The monoisotopic (exact) mass is 421 g/mol. The van der Waals surface area contributed by atoms with Crippen LogP contribution in [0.15, 0.2) is 48.9 Å². The quantitative estimate of drug-likeness (QED) is 0.542. The first-order valence-electron chi connectivity index (χ1n) is 10.4. The Morgan fingerprint density at radius 2 is 2.23 bits per heavy atom. The van der Waals surface area contributed by atoms with Crippen LogP contribution in [0.25, 0.3) is 5.82 Å². The number of anilines is 1. The van der Waals surface area contributed by atoms with Crippen LogP contribution in [0, 0.1) is 13.8 Å². The number of rotatable bonds is 7. The maximum Gasteiger partial charge on any atom is 0.253 e. The van der Waals surface area contributed by atoms with E-state index in [1.165, 1.54) is 0 Å². The maximum atomic E-state index is 12.8. The predicted octanol–water partition coefficient (Wildman–Crippen LogP) is 2.55. The van der Waals surface area contributed by atoms with Gasteiger partial charge in [0.2, 0.25) is 5.95 Å². The van der Waals surface area contributed by atoms with Crippen molar-refractivity contribution >= 4 is 11.9 Å². The average molecular weight is 422 g/mol. The van der Waals surface area contributed by atoms with Gasteiger partial charge in [-0.15, -0.1) is 0 Å². The molecule has 1 saturated heterocycles. The minimum Gasteiger partial charge on any atom is -0.394 e. The molecule has 0 spiro atoms. The Morgan fingerprint density at radius 1 is 1.35 bits per heavy atom. The van der Waals surface area contributed by atoms with Gasteiger partial charge >= 0.3 is 0 Å². The van der Waals surface area contributed by atoms with Gasteiger partial charge in [0.05, 0.1) is 30.9 Å². The number of aryl methyl sites for hydroxylation is 2. The summed E-state index contributed by atoms with van der Waals surface area (Å²) in [4.78, 5) is 21.8. The summed E-state index contributed by atoms with van der Waals surface area (Å²) in [5.41, 5.74) is 3.32. The van der Waals surface area contributed by atoms with Crippen LogP contribution in [-0.4, -0.2) is 51.4 Å². The number of aliphatic hydroxyl groups is 1. The molecule has 0 aliphatic carbocycles. The Balaban J connectivity index is 1.50. The lowest BCUT2D eigenvalue weighted by Crippen LogP contribution is -2.30. The van der Waals surface area contributed by atoms with Crippen molar-refractivity contribution < 1.29 is 14.6 Å². The Hall–Kier alpha value is -3.23. The molecule has 1 aromatic carbocycles. The zero-order chi connectivity index (χ0) is 21.8. The first-order chi connectivity index (χ1) is 15.0. The molecule has 162 valence electrons. The average Bonchev–Trinajstić information content (AvgIpc) is 3.45. The number of nitrogens with one attached hydrogen (secondary N) is 2. The van der Waals surface area contributed by atoms with E-state index in [1.54, 1.807) is 24.7 Å². The molecule has 3 aromatic rings. The largest absolute Gasteiger partial charge is 0.394 e.